The van der Waals surface area contributed by atoms with Gasteiger partial charge in [0.05, 0.1) is 4.92 Å². The van der Waals surface area contributed by atoms with Crippen LogP contribution in [-0.2, 0) is 12.7 Å². The Labute approximate surface area is 162 Å². The molecular formula is C17H16F3N7O2. The lowest BCUT2D eigenvalue weighted by atomic mass is 10.2. The van der Waals surface area contributed by atoms with Crippen LogP contribution < -0.4 is 4.90 Å². The van der Waals surface area contributed by atoms with Crippen molar-refractivity contribution in [2.45, 2.75) is 12.7 Å². The Kier molecular flexibility index (Phi) is 4.78. The number of non-ortho nitro benzene ring substituents is 1. The number of aromatic nitrogens is 4. The molecule has 9 nitrogen and oxygen atoms in total. The number of halogens is 3. The first-order chi connectivity index (χ1) is 13.8. The molecule has 0 unspecified atom stereocenters. The van der Waals surface area contributed by atoms with Gasteiger partial charge in [-0.15, -0.1) is 15.3 Å². The third-order valence-electron chi connectivity index (χ3n) is 4.75. The van der Waals surface area contributed by atoms with Gasteiger partial charge >= 0.3 is 6.18 Å². The fourth-order valence-corrected chi connectivity index (χ4v) is 3.24. The monoisotopic (exact) mass is 407 g/mol. The highest BCUT2D eigenvalue weighted by atomic mass is 19.4. The van der Waals surface area contributed by atoms with Crippen molar-refractivity contribution in [3.05, 3.63) is 57.9 Å². The third-order valence-corrected chi connectivity index (χ3v) is 4.75. The second-order valence-electron chi connectivity index (χ2n) is 6.67. The summed E-state index contributed by atoms with van der Waals surface area (Å²) in [4.78, 5) is 14.4. The Morgan fingerprint density at radius 1 is 1.00 bits per heavy atom. The van der Waals surface area contributed by atoms with E-state index in [0.717, 1.165) is 10.1 Å². The number of benzene rings is 1. The van der Waals surface area contributed by atoms with Crippen molar-refractivity contribution in [1.29, 1.82) is 0 Å². The van der Waals surface area contributed by atoms with Crippen LogP contribution >= 0.6 is 0 Å². The number of nitro benzene ring substituents is 1. The van der Waals surface area contributed by atoms with Gasteiger partial charge in [-0.25, -0.2) is 0 Å². The molecule has 0 aliphatic carbocycles. The van der Waals surface area contributed by atoms with Gasteiger partial charge in [0.1, 0.15) is 5.82 Å². The summed E-state index contributed by atoms with van der Waals surface area (Å²) < 4.78 is 39.8. The largest absolute Gasteiger partial charge is 0.453 e. The topological polar surface area (TPSA) is 92.7 Å². The second-order valence-corrected chi connectivity index (χ2v) is 6.67. The number of alkyl halides is 3. The maximum absolute atomic E-state index is 13.0. The molecule has 29 heavy (non-hydrogen) atoms. The predicted molar refractivity (Wildman–Crippen MR) is 96.4 cm³/mol. The predicted octanol–water partition coefficient (Wildman–Crippen LogP) is 2.37. The summed E-state index contributed by atoms with van der Waals surface area (Å²) in [5, 5.41) is 21.5. The number of piperazine rings is 1. The molecule has 1 aromatic carbocycles. The standard InChI is InChI=1S/C17H16F3N7O2/c18-17(19,20)16-22-21-14-5-6-15(23-26(14)16)25-9-7-24(8-10-25)11-12-1-3-13(4-2-12)27(28)29/h1-6H,7-11H2. The molecule has 0 radical (unpaired) electrons. The highest BCUT2D eigenvalue weighted by Gasteiger charge is 2.37. The van der Waals surface area contributed by atoms with Gasteiger partial charge in [-0.3, -0.25) is 15.0 Å². The van der Waals surface area contributed by atoms with Gasteiger partial charge in [-0.1, -0.05) is 12.1 Å². The van der Waals surface area contributed by atoms with Crippen molar-refractivity contribution in [3.8, 4) is 0 Å². The van der Waals surface area contributed by atoms with E-state index in [2.05, 4.69) is 20.2 Å². The molecule has 3 heterocycles. The Balaban J connectivity index is 1.42. The zero-order valence-electron chi connectivity index (χ0n) is 15.1. The molecule has 0 bridgehead atoms. The van der Waals surface area contributed by atoms with Crippen molar-refractivity contribution >= 4 is 17.2 Å². The Morgan fingerprint density at radius 3 is 2.31 bits per heavy atom. The molecule has 1 aliphatic rings. The van der Waals surface area contributed by atoms with E-state index in [1.54, 1.807) is 18.2 Å². The van der Waals surface area contributed by atoms with Crippen molar-refractivity contribution < 1.29 is 18.1 Å². The van der Waals surface area contributed by atoms with Gasteiger partial charge < -0.3 is 4.90 Å². The number of nitro groups is 1. The average Bonchev–Trinajstić information content (AvgIpc) is 3.13. The van der Waals surface area contributed by atoms with Gasteiger partial charge in [0.25, 0.3) is 11.5 Å². The Hall–Kier alpha value is -3.28. The summed E-state index contributed by atoms with van der Waals surface area (Å²) in [7, 11) is 0. The van der Waals surface area contributed by atoms with Crippen LogP contribution in [0.4, 0.5) is 24.7 Å². The maximum atomic E-state index is 13.0. The molecule has 1 saturated heterocycles. The summed E-state index contributed by atoms with van der Waals surface area (Å²) in [5.41, 5.74) is 1.05. The number of rotatable bonds is 4. The SMILES string of the molecule is O=[N+]([O-])c1ccc(CN2CCN(c3ccc4nnc(C(F)(F)F)n4n3)CC2)cc1. The lowest BCUT2D eigenvalue weighted by molar-refractivity contribution is -0.384. The van der Waals surface area contributed by atoms with Crippen LogP contribution in [0.1, 0.15) is 11.4 Å². The van der Waals surface area contributed by atoms with Gasteiger partial charge in [0.15, 0.2) is 5.65 Å². The van der Waals surface area contributed by atoms with Crippen LogP contribution in [0.2, 0.25) is 0 Å². The van der Waals surface area contributed by atoms with Crippen LogP contribution in [0, 0.1) is 10.1 Å². The molecular weight excluding hydrogens is 391 g/mol. The number of hydrogen-bond acceptors (Lipinski definition) is 7. The molecule has 0 atom stereocenters. The number of fused-ring (bicyclic) bond motifs is 1. The molecule has 0 amide bonds. The van der Waals surface area contributed by atoms with Crippen LogP contribution in [0.3, 0.4) is 0 Å². The second kappa shape index (κ2) is 7.28. The molecule has 0 N–H and O–H groups in total. The van der Waals surface area contributed by atoms with Gasteiger partial charge in [0, 0.05) is 44.9 Å². The number of nitrogens with zero attached hydrogens (tertiary/aromatic N) is 7. The van der Waals surface area contributed by atoms with E-state index in [9.17, 15) is 23.3 Å². The zero-order valence-corrected chi connectivity index (χ0v) is 15.1. The van der Waals surface area contributed by atoms with Crippen LogP contribution in [-0.4, -0.2) is 55.8 Å². The lowest BCUT2D eigenvalue weighted by Crippen LogP contribution is -2.46. The number of anilines is 1. The molecule has 3 aromatic rings. The first-order valence-corrected chi connectivity index (χ1v) is 8.81. The van der Waals surface area contributed by atoms with Crippen molar-refractivity contribution in [2.24, 2.45) is 0 Å². The van der Waals surface area contributed by atoms with Crippen LogP contribution in [0.25, 0.3) is 5.65 Å². The van der Waals surface area contributed by atoms with Crippen molar-refractivity contribution in [1.82, 2.24) is 24.7 Å². The van der Waals surface area contributed by atoms with Gasteiger partial charge in [-0.2, -0.15) is 17.7 Å². The lowest BCUT2D eigenvalue weighted by Gasteiger charge is -2.35. The van der Waals surface area contributed by atoms with E-state index in [1.807, 2.05) is 4.90 Å². The quantitative estimate of drug-likeness (QED) is 0.484. The van der Waals surface area contributed by atoms with E-state index < -0.39 is 16.9 Å². The van der Waals surface area contributed by atoms with E-state index in [4.69, 9.17) is 0 Å². The van der Waals surface area contributed by atoms with E-state index in [1.165, 1.54) is 18.2 Å². The minimum Gasteiger partial charge on any atom is -0.353 e. The summed E-state index contributed by atoms with van der Waals surface area (Å²) in [5.74, 6) is -0.719. The maximum Gasteiger partial charge on any atom is 0.453 e. The smallest absolute Gasteiger partial charge is 0.353 e. The third kappa shape index (κ3) is 3.97. The molecule has 12 heteroatoms. The summed E-state index contributed by atoms with van der Waals surface area (Å²) >= 11 is 0. The normalized spacial score (nSPS) is 15.8. The van der Waals surface area contributed by atoms with Crippen LogP contribution in [0.5, 0.6) is 0 Å². The molecule has 1 aliphatic heterocycles. The molecule has 1 fully saturated rings. The summed E-state index contributed by atoms with van der Waals surface area (Å²) in [6.07, 6.45) is -4.63. The first kappa shape index (κ1) is 19.1. The highest BCUT2D eigenvalue weighted by molar-refractivity contribution is 5.46. The fraction of sp³-hybridized carbons (Fsp3) is 0.353. The average molecular weight is 407 g/mol. The fourth-order valence-electron chi connectivity index (χ4n) is 3.24. The van der Waals surface area contributed by atoms with Gasteiger partial charge in [-0.05, 0) is 17.7 Å². The van der Waals surface area contributed by atoms with E-state index in [-0.39, 0.29) is 11.3 Å². The Bertz CT molecular complexity index is 1030. The van der Waals surface area contributed by atoms with E-state index in [0.29, 0.717) is 38.5 Å². The summed E-state index contributed by atoms with van der Waals surface area (Å²) in [6, 6.07) is 9.50. The van der Waals surface area contributed by atoms with Crippen molar-refractivity contribution in [3.63, 3.8) is 0 Å². The highest BCUT2D eigenvalue weighted by Crippen LogP contribution is 2.28. The van der Waals surface area contributed by atoms with E-state index >= 15 is 0 Å². The van der Waals surface area contributed by atoms with Crippen LogP contribution in [0.15, 0.2) is 36.4 Å². The minimum atomic E-state index is -4.63. The minimum absolute atomic E-state index is 0.0397. The molecule has 152 valence electrons. The Morgan fingerprint density at radius 2 is 1.69 bits per heavy atom. The molecule has 4 rings (SSSR count). The molecule has 2 aromatic heterocycles. The van der Waals surface area contributed by atoms with Crippen molar-refractivity contribution in [2.75, 3.05) is 31.1 Å². The molecule has 0 saturated carbocycles. The molecule has 0 spiro atoms. The van der Waals surface area contributed by atoms with Gasteiger partial charge in [0.2, 0.25) is 0 Å². The number of hydrogen-bond donors (Lipinski definition) is 0. The zero-order chi connectivity index (χ0) is 20.6. The summed E-state index contributed by atoms with van der Waals surface area (Å²) in [6.45, 7) is 3.20. The first-order valence-electron chi connectivity index (χ1n) is 8.81.